The number of hydrogen-bond donors (Lipinski definition) is 1. The predicted octanol–water partition coefficient (Wildman–Crippen LogP) is 3.83. The second-order valence-electron chi connectivity index (χ2n) is 6.81. The number of guanidine groups is 1. The predicted molar refractivity (Wildman–Crippen MR) is 106 cm³/mol. The summed E-state index contributed by atoms with van der Waals surface area (Å²) in [4.78, 5) is 11.3. The van der Waals surface area contributed by atoms with Crippen molar-refractivity contribution in [2.45, 2.75) is 45.6 Å². The highest BCUT2D eigenvalue weighted by atomic mass is 32.1. The summed E-state index contributed by atoms with van der Waals surface area (Å²) >= 11 is 1.88. The molecule has 1 aromatic rings. The van der Waals surface area contributed by atoms with Gasteiger partial charge in [0.25, 0.3) is 0 Å². The van der Waals surface area contributed by atoms with Crippen molar-refractivity contribution in [2.75, 3.05) is 40.3 Å². The summed E-state index contributed by atoms with van der Waals surface area (Å²) in [7, 11) is 4.42. The number of hydrogen-bond acceptors (Lipinski definition) is 3. The lowest BCUT2D eigenvalue weighted by Crippen LogP contribution is -2.41. The molecule has 24 heavy (non-hydrogen) atoms. The van der Waals surface area contributed by atoms with Gasteiger partial charge in [0.2, 0.25) is 0 Å². The molecule has 5 heteroatoms. The number of piperidine rings is 1. The van der Waals surface area contributed by atoms with Crippen LogP contribution in [0, 0.1) is 5.92 Å². The molecule has 0 radical (unpaired) electrons. The van der Waals surface area contributed by atoms with Gasteiger partial charge in [0.05, 0.1) is 0 Å². The molecule has 2 rings (SSSR count). The number of thiophene rings is 1. The smallest absolute Gasteiger partial charge is 0.193 e. The van der Waals surface area contributed by atoms with Crippen molar-refractivity contribution in [2.24, 2.45) is 10.9 Å². The van der Waals surface area contributed by atoms with Crippen LogP contribution in [0.3, 0.4) is 0 Å². The van der Waals surface area contributed by atoms with E-state index in [4.69, 9.17) is 4.99 Å². The van der Waals surface area contributed by atoms with Crippen molar-refractivity contribution in [1.82, 2.24) is 15.1 Å². The van der Waals surface area contributed by atoms with Crippen LogP contribution >= 0.6 is 11.3 Å². The third-order valence-corrected chi connectivity index (χ3v) is 5.80. The van der Waals surface area contributed by atoms with Gasteiger partial charge in [-0.3, -0.25) is 9.89 Å². The second kappa shape index (κ2) is 10.0. The normalized spacial score (nSPS) is 22.6. The summed E-state index contributed by atoms with van der Waals surface area (Å²) < 4.78 is 0. The lowest BCUT2D eigenvalue weighted by Gasteiger charge is -2.38. The van der Waals surface area contributed by atoms with Gasteiger partial charge in [-0.25, -0.2) is 0 Å². The van der Waals surface area contributed by atoms with Crippen LogP contribution in [0.1, 0.15) is 50.4 Å². The molecular formula is C19H34N4S. The SMILES string of the molecule is CCCCN(C)C(=NCC1CCCN(C)C1c1cccs1)NCC. The van der Waals surface area contributed by atoms with Gasteiger partial charge < -0.3 is 10.2 Å². The highest BCUT2D eigenvalue weighted by Crippen LogP contribution is 2.37. The molecule has 4 nitrogen and oxygen atoms in total. The first-order valence-corrected chi connectivity index (χ1v) is 10.3. The van der Waals surface area contributed by atoms with Crippen LogP contribution in [-0.4, -0.2) is 56.0 Å². The minimum absolute atomic E-state index is 0.520. The van der Waals surface area contributed by atoms with E-state index in [1.807, 2.05) is 11.3 Å². The monoisotopic (exact) mass is 350 g/mol. The van der Waals surface area contributed by atoms with Crippen molar-refractivity contribution in [1.29, 1.82) is 0 Å². The largest absolute Gasteiger partial charge is 0.357 e. The Morgan fingerprint density at radius 1 is 1.46 bits per heavy atom. The lowest BCUT2D eigenvalue weighted by atomic mass is 9.88. The van der Waals surface area contributed by atoms with Crippen LogP contribution in [0.4, 0.5) is 0 Å². The van der Waals surface area contributed by atoms with Crippen molar-refractivity contribution in [3.05, 3.63) is 22.4 Å². The van der Waals surface area contributed by atoms with E-state index in [1.165, 1.54) is 37.1 Å². The Hall–Kier alpha value is -1.07. The number of aliphatic imine (C=N–C) groups is 1. The molecule has 0 saturated carbocycles. The standard InChI is InChI=1S/C19H34N4S/c1-5-7-12-23(4)19(20-6-2)21-15-16-10-8-13-22(3)18(16)17-11-9-14-24-17/h9,11,14,16,18H,5-8,10,12-13,15H2,1-4H3,(H,20,21). The molecule has 1 saturated heterocycles. The van der Waals surface area contributed by atoms with Crippen LogP contribution in [0.2, 0.25) is 0 Å². The van der Waals surface area contributed by atoms with Crippen molar-refractivity contribution in [3.8, 4) is 0 Å². The average Bonchev–Trinajstić information content (AvgIpc) is 3.10. The first-order chi connectivity index (χ1) is 11.7. The van der Waals surface area contributed by atoms with Crippen LogP contribution in [-0.2, 0) is 0 Å². The Kier molecular flexibility index (Phi) is 8.06. The summed E-state index contributed by atoms with van der Waals surface area (Å²) in [5.74, 6) is 1.67. The molecule has 0 amide bonds. The molecule has 136 valence electrons. The number of likely N-dealkylation sites (tertiary alicyclic amines) is 1. The van der Waals surface area contributed by atoms with Gasteiger partial charge in [-0.1, -0.05) is 19.4 Å². The zero-order valence-electron chi connectivity index (χ0n) is 15.8. The van der Waals surface area contributed by atoms with Gasteiger partial charge in [-0.15, -0.1) is 11.3 Å². The quantitative estimate of drug-likeness (QED) is 0.599. The second-order valence-corrected chi connectivity index (χ2v) is 7.79. The fourth-order valence-electron chi connectivity index (χ4n) is 3.53. The summed E-state index contributed by atoms with van der Waals surface area (Å²) in [6, 6.07) is 4.98. The first kappa shape index (κ1) is 19.3. The molecule has 0 aromatic carbocycles. The Morgan fingerprint density at radius 3 is 2.96 bits per heavy atom. The molecule has 2 heterocycles. The van der Waals surface area contributed by atoms with Crippen molar-refractivity contribution >= 4 is 17.3 Å². The Labute approximate surface area is 152 Å². The molecule has 0 bridgehead atoms. The minimum atomic E-state index is 0.520. The van der Waals surface area contributed by atoms with E-state index in [0.717, 1.165) is 25.6 Å². The highest BCUT2D eigenvalue weighted by molar-refractivity contribution is 7.10. The highest BCUT2D eigenvalue weighted by Gasteiger charge is 2.31. The Balaban J connectivity index is 2.07. The fraction of sp³-hybridized carbons (Fsp3) is 0.737. The van der Waals surface area contributed by atoms with Gasteiger partial charge in [-0.05, 0) is 57.1 Å². The van der Waals surface area contributed by atoms with Gasteiger partial charge in [-0.2, -0.15) is 0 Å². The van der Waals surface area contributed by atoms with E-state index < -0.39 is 0 Å². The van der Waals surface area contributed by atoms with Gasteiger partial charge in [0, 0.05) is 37.6 Å². The minimum Gasteiger partial charge on any atom is -0.357 e. The Morgan fingerprint density at radius 2 is 2.29 bits per heavy atom. The zero-order chi connectivity index (χ0) is 17.4. The molecular weight excluding hydrogens is 316 g/mol. The molecule has 1 aliphatic rings. The lowest BCUT2D eigenvalue weighted by molar-refractivity contribution is 0.128. The molecule has 2 atom stereocenters. The van der Waals surface area contributed by atoms with E-state index in [9.17, 15) is 0 Å². The summed E-state index contributed by atoms with van der Waals surface area (Å²) in [5, 5.41) is 5.65. The average molecular weight is 351 g/mol. The third-order valence-electron chi connectivity index (χ3n) is 4.86. The van der Waals surface area contributed by atoms with Crippen molar-refractivity contribution in [3.63, 3.8) is 0 Å². The van der Waals surface area contributed by atoms with Crippen LogP contribution in [0.15, 0.2) is 22.5 Å². The molecule has 1 N–H and O–H groups in total. The Bertz CT molecular complexity index is 486. The molecule has 1 aromatic heterocycles. The first-order valence-electron chi connectivity index (χ1n) is 9.40. The van der Waals surface area contributed by atoms with Gasteiger partial charge in [0.1, 0.15) is 0 Å². The van der Waals surface area contributed by atoms with Gasteiger partial charge in [0.15, 0.2) is 5.96 Å². The zero-order valence-corrected chi connectivity index (χ0v) is 16.6. The molecule has 0 spiro atoms. The summed E-state index contributed by atoms with van der Waals surface area (Å²) in [6.07, 6.45) is 4.98. The molecule has 1 fully saturated rings. The maximum atomic E-state index is 4.99. The van der Waals surface area contributed by atoms with E-state index in [1.54, 1.807) is 0 Å². The molecule has 0 aliphatic carbocycles. The van der Waals surface area contributed by atoms with E-state index >= 15 is 0 Å². The van der Waals surface area contributed by atoms with Crippen LogP contribution < -0.4 is 5.32 Å². The fourth-order valence-corrected chi connectivity index (χ4v) is 4.52. The summed E-state index contributed by atoms with van der Waals surface area (Å²) in [6.45, 7) is 8.48. The summed E-state index contributed by atoms with van der Waals surface area (Å²) in [5.41, 5.74) is 0. The number of unbranched alkanes of at least 4 members (excludes halogenated alkanes) is 1. The maximum absolute atomic E-state index is 4.99. The number of rotatable bonds is 7. The van der Waals surface area contributed by atoms with E-state index in [2.05, 4.69) is 60.6 Å². The third kappa shape index (κ3) is 5.21. The molecule has 1 aliphatic heterocycles. The number of nitrogens with zero attached hydrogens (tertiary/aromatic N) is 3. The van der Waals surface area contributed by atoms with Crippen LogP contribution in [0.5, 0.6) is 0 Å². The van der Waals surface area contributed by atoms with Crippen LogP contribution in [0.25, 0.3) is 0 Å². The van der Waals surface area contributed by atoms with Crippen molar-refractivity contribution < 1.29 is 0 Å². The number of nitrogens with one attached hydrogen (secondary N) is 1. The van der Waals surface area contributed by atoms with E-state index in [0.29, 0.717) is 12.0 Å². The van der Waals surface area contributed by atoms with Gasteiger partial charge >= 0.3 is 0 Å². The molecule has 2 unspecified atom stereocenters. The van der Waals surface area contributed by atoms with E-state index in [-0.39, 0.29) is 0 Å². The topological polar surface area (TPSA) is 30.9 Å². The maximum Gasteiger partial charge on any atom is 0.193 e.